The van der Waals surface area contributed by atoms with Crippen LogP contribution in [0.2, 0.25) is 5.02 Å². The van der Waals surface area contributed by atoms with Crippen molar-refractivity contribution in [2.45, 2.75) is 0 Å². The second-order valence-electron chi connectivity index (χ2n) is 2.30. The summed E-state index contributed by atoms with van der Waals surface area (Å²) in [4.78, 5) is 0. The van der Waals surface area contributed by atoms with Gasteiger partial charge < -0.3 is 0 Å². The highest BCUT2D eigenvalue weighted by Gasteiger charge is 2.08. The van der Waals surface area contributed by atoms with Gasteiger partial charge in [0.25, 0.3) is 0 Å². The van der Waals surface area contributed by atoms with Crippen molar-refractivity contribution in [3.63, 3.8) is 0 Å². The van der Waals surface area contributed by atoms with Gasteiger partial charge in [0.1, 0.15) is 0 Å². The van der Waals surface area contributed by atoms with Crippen molar-refractivity contribution in [2.24, 2.45) is 0 Å². The predicted molar refractivity (Wildman–Crippen MR) is 49.0 cm³/mol. The first-order chi connectivity index (χ1) is 5.70. The van der Waals surface area contributed by atoms with Crippen molar-refractivity contribution in [2.75, 3.05) is 0 Å². The molecule has 1 aromatic heterocycles. The smallest absolute Gasteiger partial charge is 0.152 e. The summed E-state index contributed by atoms with van der Waals surface area (Å²) in [6.45, 7) is 0. The zero-order valence-electron chi connectivity index (χ0n) is 5.76. The second-order valence-corrected chi connectivity index (χ2v) is 3.38. The summed E-state index contributed by atoms with van der Waals surface area (Å²) in [7, 11) is 0. The van der Waals surface area contributed by atoms with Crippen LogP contribution in [-0.4, -0.2) is 8.81 Å². The Morgan fingerprint density at radius 3 is 3.00 bits per heavy atom. The number of aromatic nitrogens is 2. The number of halogens is 3. The standard InChI is InChI=1S/C7H3BrClFN2/c8-12-6-2-1-5(9)7(10)4(6)3-11-12/h1-3H. The molecule has 0 amide bonds. The van der Waals surface area contributed by atoms with Crippen LogP contribution in [-0.2, 0) is 0 Å². The fraction of sp³-hybridized carbons (Fsp3) is 0. The van der Waals surface area contributed by atoms with Crippen LogP contribution >= 0.6 is 27.7 Å². The van der Waals surface area contributed by atoms with Crippen LogP contribution in [0.5, 0.6) is 0 Å². The lowest BCUT2D eigenvalue weighted by Crippen LogP contribution is -1.81. The Hall–Kier alpha value is -0.610. The maximum Gasteiger partial charge on any atom is 0.152 e. The maximum absolute atomic E-state index is 13.2. The molecule has 0 atom stereocenters. The molecule has 2 rings (SSSR count). The van der Waals surface area contributed by atoms with Gasteiger partial charge in [0.2, 0.25) is 0 Å². The molecule has 0 N–H and O–H groups in total. The summed E-state index contributed by atoms with van der Waals surface area (Å²) in [5.41, 5.74) is 0.664. The van der Waals surface area contributed by atoms with Gasteiger partial charge in [-0.2, -0.15) is 8.81 Å². The van der Waals surface area contributed by atoms with E-state index in [1.54, 1.807) is 6.07 Å². The van der Waals surface area contributed by atoms with Crippen LogP contribution in [0.3, 0.4) is 0 Å². The van der Waals surface area contributed by atoms with Crippen molar-refractivity contribution < 1.29 is 4.39 Å². The minimum Gasteiger partial charge on any atom is -0.205 e. The zero-order valence-corrected chi connectivity index (χ0v) is 8.10. The molecule has 1 heterocycles. The fourth-order valence-electron chi connectivity index (χ4n) is 1.01. The quantitative estimate of drug-likeness (QED) is 0.702. The maximum atomic E-state index is 13.2. The molecule has 2 nitrogen and oxygen atoms in total. The third kappa shape index (κ3) is 1.03. The molecular weight excluding hydrogens is 246 g/mol. The van der Waals surface area contributed by atoms with Crippen molar-refractivity contribution in [1.82, 2.24) is 8.81 Å². The molecule has 2 aromatic rings. The first kappa shape index (κ1) is 8.01. The summed E-state index contributed by atoms with van der Waals surface area (Å²) in [5, 5.41) is 4.36. The van der Waals surface area contributed by atoms with Crippen molar-refractivity contribution in [3.05, 3.63) is 29.2 Å². The van der Waals surface area contributed by atoms with Gasteiger partial charge in [-0.3, -0.25) is 0 Å². The van der Waals surface area contributed by atoms with E-state index < -0.39 is 5.82 Å². The number of hydrogen-bond donors (Lipinski definition) is 0. The molecule has 62 valence electrons. The largest absolute Gasteiger partial charge is 0.205 e. The van der Waals surface area contributed by atoms with Gasteiger partial charge >= 0.3 is 0 Å². The lowest BCUT2D eigenvalue weighted by atomic mass is 10.2. The Morgan fingerprint density at radius 2 is 2.25 bits per heavy atom. The molecule has 0 bridgehead atoms. The Kier molecular flexibility index (Phi) is 1.81. The van der Waals surface area contributed by atoms with Gasteiger partial charge in [0.15, 0.2) is 5.82 Å². The Labute approximate surface area is 81.3 Å². The lowest BCUT2D eigenvalue weighted by molar-refractivity contribution is 0.640. The highest BCUT2D eigenvalue weighted by atomic mass is 79.9. The van der Waals surface area contributed by atoms with E-state index in [0.717, 1.165) is 0 Å². The molecule has 0 aliphatic heterocycles. The lowest BCUT2D eigenvalue weighted by Gasteiger charge is -1.94. The van der Waals surface area contributed by atoms with Gasteiger partial charge in [0.05, 0.1) is 38.3 Å². The topological polar surface area (TPSA) is 17.8 Å². The number of hydrogen-bond acceptors (Lipinski definition) is 1. The highest BCUT2D eigenvalue weighted by Crippen LogP contribution is 2.24. The molecule has 0 radical (unpaired) electrons. The van der Waals surface area contributed by atoms with Gasteiger partial charge in [-0.15, -0.1) is 0 Å². The number of nitrogens with zero attached hydrogens (tertiary/aromatic N) is 2. The number of benzene rings is 1. The van der Waals surface area contributed by atoms with E-state index in [0.29, 0.717) is 10.9 Å². The summed E-state index contributed by atoms with van der Waals surface area (Å²) in [6, 6.07) is 3.20. The number of fused-ring (bicyclic) bond motifs is 1. The third-order valence-corrected chi connectivity index (χ3v) is 2.45. The van der Waals surface area contributed by atoms with E-state index in [1.807, 2.05) is 0 Å². The fourth-order valence-corrected chi connectivity index (χ4v) is 1.58. The molecule has 0 fully saturated rings. The molecule has 0 saturated carbocycles. The molecule has 0 saturated heterocycles. The molecule has 1 aromatic carbocycles. The SMILES string of the molecule is Fc1c(Cl)ccc2c1cnn2Br. The minimum absolute atomic E-state index is 0.114. The van der Waals surface area contributed by atoms with Crippen molar-refractivity contribution in [1.29, 1.82) is 0 Å². The summed E-state index contributed by atoms with van der Waals surface area (Å²) in [5.74, 6) is -0.431. The van der Waals surface area contributed by atoms with E-state index in [4.69, 9.17) is 11.6 Å². The monoisotopic (exact) mass is 248 g/mol. The van der Waals surface area contributed by atoms with E-state index >= 15 is 0 Å². The van der Waals surface area contributed by atoms with Crippen molar-refractivity contribution in [3.8, 4) is 0 Å². The predicted octanol–water partition coefficient (Wildman–Crippen LogP) is 2.99. The molecule has 5 heteroatoms. The third-order valence-electron chi connectivity index (χ3n) is 1.60. The van der Waals surface area contributed by atoms with Crippen LogP contribution < -0.4 is 0 Å². The van der Waals surface area contributed by atoms with Gasteiger partial charge in [-0.05, 0) is 12.1 Å². The van der Waals surface area contributed by atoms with Gasteiger partial charge in [-0.25, -0.2) is 4.39 Å². The average Bonchev–Trinajstić information content (AvgIpc) is 2.41. The first-order valence-corrected chi connectivity index (χ1v) is 4.27. The first-order valence-electron chi connectivity index (χ1n) is 3.18. The Bertz CT molecular complexity index is 440. The van der Waals surface area contributed by atoms with E-state index in [2.05, 4.69) is 21.2 Å². The average molecular weight is 249 g/mol. The van der Waals surface area contributed by atoms with Crippen LogP contribution in [0.1, 0.15) is 0 Å². The van der Waals surface area contributed by atoms with Crippen LogP contribution in [0, 0.1) is 5.82 Å². The molecule has 0 unspecified atom stereocenters. The van der Waals surface area contributed by atoms with Gasteiger partial charge in [0, 0.05) is 0 Å². The van der Waals surface area contributed by atoms with Gasteiger partial charge in [-0.1, -0.05) is 11.6 Å². The molecular formula is C7H3BrClFN2. The van der Waals surface area contributed by atoms with E-state index in [1.165, 1.54) is 16.0 Å². The second kappa shape index (κ2) is 2.71. The van der Waals surface area contributed by atoms with Crippen LogP contribution in [0.4, 0.5) is 4.39 Å². The van der Waals surface area contributed by atoms with Crippen LogP contribution in [0.25, 0.3) is 10.9 Å². The number of rotatable bonds is 0. The molecule has 0 spiro atoms. The normalized spacial score (nSPS) is 10.9. The summed E-state index contributed by atoms with van der Waals surface area (Å²) < 4.78 is 14.6. The summed E-state index contributed by atoms with van der Waals surface area (Å²) in [6.07, 6.45) is 1.42. The molecule has 0 aliphatic carbocycles. The highest BCUT2D eigenvalue weighted by molar-refractivity contribution is 9.08. The van der Waals surface area contributed by atoms with E-state index in [-0.39, 0.29) is 5.02 Å². The Balaban J connectivity index is 2.93. The Morgan fingerprint density at radius 1 is 1.50 bits per heavy atom. The minimum atomic E-state index is -0.431. The summed E-state index contributed by atoms with van der Waals surface area (Å²) >= 11 is 8.69. The molecule has 0 aliphatic rings. The zero-order chi connectivity index (χ0) is 8.72. The van der Waals surface area contributed by atoms with Crippen molar-refractivity contribution >= 4 is 38.7 Å². The molecule has 12 heavy (non-hydrogen) atoms. The van der Waals surface area contributed by atoms with Crippen LogP contribution in [0.15, 0.2) is 18.3 Å². The van der Waals surface area contributed by atoms with E-state index in [9.17, 15) is 4.39 Å².